The smallest absolute Gasteiger partial charge is 0.137 e. The molecule has 0 aliphatic heterocycles. The van der Waals surface area contributed by atoms with Crippen LogP contribution < -0.4 is 11.1 Å². The predicted octanol–water partition coefficient (Wildman–Crippen LogP) is 2.67. The first kappa shape index (κ1) is 11.3. The maximum Gasteiger partial charge on any atom is 0.137 e. The number of hydrogen-bond donors (Lipinski definition) is 2. The highest BCUT2D eigenvalue weighted by atomic mass is 15.0. The molecule has 1 heterocycles. The first-order chi connectivity index (χ1) is 8.74. The topological polar surface area (TPSA) is 63.8 Å². The number of nitrogens with one attached hydrogen (secondary N) is 1. The summed E-state index contributed by atoms with van der Waals surface area (Å²) in [5.41, 5.74) is 7.50. The lowest BCUT2D eigenvalue weighted by atomic mass is 10.1. The zero-order valence-electron chi connectivity index (χ0n) is 10.6. The summed E-state index contributed by atoms with van der Waals surface area (Å²) in [6.45, 7) is 3.26. The Labute approximate surface area is 107 Å². The van der Waals surface area contributed by atoms with E-state index in [0.29, 0.717) is 5.92 Å². The summed E-state index contributed by atoms with van der Waals surface area (Å²) in [7, 11) is 0. The highest BCUT2D eigenvalue weighted by Gasteiger charge is 2.27. The molecule has 0 bridgehead atoms. The second-order valence-electron chi connectivity index (χ2n) is 5.19. The molecule has 3 rings (SSSR count). The van der Waals surface area contributed by atoms with E-state index < -0.39 is 0 Å². The first-order valence-electron chi connectivity index (χ1n) is 6.48. The third-order valence-electron chi connectivity index (χ3n) is 3.68. The van der Waals surface area contributed by atoms with Gasteiger partial charge in [0.1, 0.15) is 12.1 Å². The van der Waals surface area contributed by atoms with Gasteiger partial charge in [-0.1, -0.05) is 6.92 Å². The van der Waals surface area contributed by atoms with Crippen LogP contribution in [-0.2, 0) is 0 Å². The fourth-order valence-corrected chi connectivity index (χ4v) is 2.30. The Morgan fingerprint density at radius 3 is 3.00 bits per heavy atom. The number of anilines is 2. The summed E-state index contributed by atoms with van der Waals surface area (Å²) in [6, 6.07) is 5.73. The van der Waals surface area contributed by atoms with Gasteiger partial charge in [-0.2, -0.15) is 0 Å². The molecule has 0 radical (unpaired) electrons. The molecule has 1 aliphatic carbocycles. The van der Waals surface area contributed by atoms with Gasteiger partial charge in [-0.25, -0.2) is 9.97 Å². The minimum Gasteiger partial charge on any atom is -0.399 e. The molecule has 94 valence electrons. The van der Waals surface area contributed by atoms with E-state index in [9.17, 15) is 0 Å². The molecule has 1 fully saturated rings. The van der Waals surface area contributed by atoms with Crippen molar-refractivity contribution in [1.82, 2.24) is 9.97 Å². The number of rotatable bonds is 4. The number of fused-ring (bicyclic) bond motifs is 1. The van der Waals surface area contributed by atoms with Gasteiger partial charge in [0, 0.05) is 17.6 Å². The molecule has 4 nitrogen and oxygen atoms in total. The molecule has 1 aliphatic rings. The molecule has 18 heavy (non-hydrogen) atoms. The first-order valence-corrected chi connectivity index (χ1v) is 6.48. The molecule has 1 atom stereocenters. The average molecular weight is 242 g/mol. The number of aromatic nitrogens is 2. The second kappa shape index (κ2) is 4.44. The Hall–Kier alpha value is -1.84. The van der Waals surface area contributed by atoms with Crippen molar-refractivity contribution in [2.24, 2.45) is 11.8 Å². The van der Waals surface area contributed by atoms with Gasteiger partial charge in [0.05, 0.1) is 5.52 Å². The number of benzene rings is 1. The number of nitrogens with zero attached hydrogens (tertiary/aromatic N) is 2. The van der Waals surface area contributed by atoms with E-state index in [1.807, 2.05) is 18.2 Å². The van der Waals surface area contributed by atoms with E-state index in [-0.39, 0.29) is 0 Å². The zero-order valence-corrected chi connectivity index (χ0v) is 10.6. The third-order valence-corrected chi connectivity index (χ3v) is 3.68. The van der Waals surface area contributed by atoms with E-state index in [4.69, 9.17) is 5.73 Å². The van der Waals surface area contributed by atoms with Gasteiger partial charge in [-0.15, -0.1) is 0 Å². The van der Waals surface area contributed by atoms with Gasteiger partial charge < -0.3 is 11.1 Å². The lowest BCUT2D eigenvalue weighted by Crippen LogP contribution is -2.14. The monoisotopic (exact) mass is 242 g/mol. The molecular weight excluding hydrogens is 224 g/mol. The standard InChI is InChI=1S/C14H18N4/c1-9(10-2-3-10)7-16-14-12-6-11(15)4-5-13(12)17-8-18-14/h4-6,8-10H,2-3,7,15H2,1H3,(H,16,17,18). The molecule has 1 saturated carbocycles. The summed E-state index contributed by atoms with van der Waals surface area (Å²) in [5, 5.41) is 4.43. The molecular formula is C14H18N4. The zero-order chi connectivity index (χ0) is 12.5. The number of nitrogen functional groups attached to an aromatic ring is 1. The lowest BCUT2D eigenvalue weighted by molar-refractivity contribution is 0.536. The van der Waals surface area contributed by atoms with Crippen molar-refractivity contribution < 1.29 is 0 Å². The van der Waals surface area contributed by atoms with E-state index in [1.54, 1.807) is 6.33 Å². The van der Waals surface area contributed by atoms with Crippen molar-refractivity contribution in [2.45, 2.75) is 19.8 Å². The summed E-state index contributed by atoms with van der Waals surface area (Å²) >= 11 is 0. The minimum absolute atomic E-state index is 0.705. The molecule has 3 N–H and O–H groups in total. The minimum atomic E-state index is 0.705. The Balaban J connectivity index is 1.83. The van der Waals surface area contributed by atoms with Crippen molar-refractivity contribution in [3.05, 3.63) is 24.5 Å². The van der Waals surface area contributed by atoms with Crippen molar-refractivity contribution in [2.75, 3.05) is 17.6 Å². The largest absolute Gasteiger partial charge is 0.399 e. The van der Waals surface area contributed by atoms with Gasteiger partial charge in [0.25, 0.3) is 0 Å². The maximum atomic E-state index is 5.82. The van der Waals surface area contributed by atoms with Crippen molar-refractivity contribution in [3.63, 3.8) is 0 Å². The van der Waals surface area contributed by atoms with Crippen LogP contribution >= 0.6 is 0 Å². The number of hydrogen-bond acceptors (Lipinski definition) is 4. The molecule has 1 unspecified atom stereocenters. The summed E-state index contributed by atoms with van der Waals surface area (Å²) in [6.07, 6.45) is 4.35. The number of nitrogens with two attached hydrogens (primary N) is 1. The van der Waals surface area contributed by atoms with Gasteiger partial charge in [0.2, 0.25) is 0 Å². The SMILES string of the molecule is CC(CNc1ncnc2ccc(N)cc12)C1CC1. The molecule has 0 amide bonds. The predicted molar refractivity (Wildman–Crippen MR) is 74.3 cm³/mol. The van der Waals surface area contributed by atoms with Crippen LogP contribution in [0.1, 0.15) is 19.8 Å². The van der Waals surface area contributed by atoms with Crippen LogP contribution in [0.25, 0.3) is 10.9 Å². The maximum absolute atomic E-state index is 5.82. The van der Waals surface area contributed by atoms with Crippen LogP contribution in [0.2, 0.25) is 0 Å². The van der Waals surface area contributed by atoms with Gasteiger partial charge in [-0.05, 0) is 42.9 Å². The van der Waals surface area contributed by atoms with Crippen LogP contribution in [-0.4, -0.2) is 16.5 Å². The second-order valence-corrected chi connectivity index (χ2v) is 5.19. The van der Waals surface area contributed by atoms with Crippen molar-refractivity contribution in [3.8, 4) is 0 Å². The van der Waals surface area contributed by atoms with Gasteiger partial charge >= 0.3 is 0 Å². The van der Waals surface area contributed by atoms with E-state index in [0.717, 1.165) is 34.9 Å². The Morgan fingerprint density at radius 2 is 2.22 bits per heavy atom. The average Bonchev–Trinajstić information content (AvgIpc) is 3.20. The van der Waals surface area contributed by atoms with Crippen LogP contribution in [0, 0.1) is 11.8 Å². The normalized spacial score (nSPS) is 16.7. The van der Waals surface area contributed by atoms with Crippen LogP contribution in [0.15, 0.2) is 24.5 Å². The van der Waals surface area contributed by atoms with Gasteiger partial charge in [0.15, 0.2) is 0 Å². The fourth-order valence-electron chi connectivity index (χ4n) is 2.30. The Bertz CT molecular complexity index is 563. The Kier molecular flexibility index (Phi) is 2.78. The molecule has 1 aromatic carbocycles. The lowest BCUT2D eigenvalue weighted by Gasteiger charge is -2.13. The van der Waals surface area contributed by atoms with E-state index in [2.05, 4.69) is 22.2 Å². The molecule has 1 aromatic heterocycles. The van der Waals surface area contributed by atoms with Crippen LogP contribution in [0.5, 0.6) is 0 Å². The highest BCUT2D eigenvalue weighted by Crippen LogP contribution is 2.36. The molecule has 2 aromatic rings. The van der Waals surface area contributed by atoms with Crippen molar-refractivity contribution in [1.29, 1.82) is 0 Å². The quantitative estimate of drug-likeness (QED) is 0.809. The summed E-state index contributed by atoms with van der Waals surface area (Å²) in [4.78, 5) is 8.57. The van der Waals surface area contributed by atoms with Crippen LogP contribution in [0.3, 0.4) is 0 Å². The fraction of sp³-hybridized carbons (Fsp3) is 0.429. The molecule has 0 saturated heterocycles. The third kappa shape index (κ3) is 2.23. The molecule has 4 heteroatoms. The van der Waals surface area contributed by atoms with E-state index in [1.165, 1.54) is 12.8 Å². The highest BCUT2D eigenvalue weighted by molar-refractivity contribution is 5.91. The van der Waals surface area contributed by atoms with Crippen LogP contribution in [0.4, 0.5) is 11.5 Å². The van der Waals surface area contributed by atoms with Crippen molar-refractivity contribution >= 4 is 22.4 Å². The summed E-state index contributed by atoms with van der Waals surface area (Å²) < 4.78 is 0. The molecule has 0 spiro atoms. The van der Waals surface area contributed by atoms with Gasteiger partial charge in [-0.3, -0.25) is 0 Å². The van der Waals surface area contributed by atoms with E-state index >= 15 is 0 Å². The Morgan fingerprint density at radius 1 is 1.39 bits per heavy atom. The summed E-state index contributed by atoms with van der Waals surface area (Å²) in [5.74, 6) is 2.49.